The van der Waals surface area contributed by atoms with Crippen molar-refractivity contribution in [1.82, 2.24) is 0 Å². The van der Waals surface area contributed by atoms with E-state index in [1.165, 1.54) is 0 Å². The maximum atomic E-state index is 12.3. The fourth-order valence-electron chi connectivity index (χ4n) is 3.13. The Bertz CT molecular complexity index is 891. The summed E-state index contributed by atoms with van der Waals surface area (Å²) < 4.78 is 5.14. The monoisotopic (exact) mass is 395 g/mol. The normalized spacial score (nSPS) is 15.9. The van der Waals surface area contributed by atoms with Crippen molar-refractivity contribution in [3.05, 3.63) is 54.1 Å². The fraction of sp³-hybridized carbons (Fsp3) is 0.318. The van der Waals surface area contributed by atoms with Gasteiger partial charge < -0.3 is 19.9 Å². The van der Waals surface area contributed by atoms with Gasteiger partial charge in [0.15, 0.2) is 6.61 Å². The number of anilines is 3. The van der Waals surface area contributed by atoms with Crippen LogP contribution < -0.4 is 15.1 Å². The molecule has 29 heavy (non-hydrogen) atoms. The van der Waals surface area contributed by atoms with Crippen LogP contribution >= 0.6 is 0 Å². The van der Waals surface area contributed by atoms with E-state index in [4.69, 9.17) is 4.74 Å². The molecule has 2 aromatic carbocycles. The van der Waals surface area contributed by atoms with Crippen molar-refractivity contribution in [1.29, 1.82) is 0 Å². The summed E-state index contributed by atoms with van der Waals surface area (Å²) >= 11 is 0. The van der Waals surface area contributed by atoms with Crippen molar-refractivity contribution in [3.63, 3.8) is 0 Å². The number of ether oxygens (including phenoxy) is 1. The molecule has 152 valence electrons. The van der Waals surface area contributed by atoms with Gasteiger partial charge in [0, 0.05) is 44.1 Å². The van der Waals surface area contributed by atoms with Crippen LogP contribution in [0.15, 0.2) is 48.5 Å². The number of hydrogen-bond acceptors (Lipinski definition) is 5. The van der Waals surface area contributed by atoms with Crippen molar-refractivity contribution in [3.8, 4) is 0 Å². The summed E-state index contributed by atoms with van der Waals surface area (Å²) in [7, 11) is 3.86. The number of nitrogens with zero attached hydrogens (tertiary/aromatic N) is 2. The fourth-order valence-corrected chi connectivity index (χ4v) is 3.13. The highest BCUT2D eigenvalue weighted by Gasteiger charge is 2.36. The molecule has 1 N–H and O–H groups in total. The quantitative estimate of drug-likeness (QED) is 0.761. The summed E-state index contributed by atoms with van der Waals surface area (Å²) in [5, 5.41) is 2.69. The van der Waals surface area contributed by atoms with Gasteiger partial charge in [-0.05, 0) is 43.3 Å². The number of carbonyl (C=O) groups is 3. The van der Waals surface area contributed by atoms with E-state index in [1.807, 2.05) is 62.3 Å². The lowest BCUT2D eigenvalue weighted by Gasteiger charge is -2.16. The van der Waals surface area contributed by atoms with Crippen LogP contribution in [0.2, 0.25) is 0 Å². The zero-order valence-electron chi connectivity index (χ0n) is 16.8. The molecule has 7 nitrogen and oxygen atoms in total. The Morgan fingerprint density at radius 2 is 1.76 bits per heavy atom. The van der Waals surface area contributed by atoms with Crippen molar-refractivity contribution >= 4 is 34.8 Å². The number of rotatable bonds is 6. The molecular weight excluding hydrogens is 370 g/mol. The summed E-state index contributed by atoms with van der Waals surface area (Å²) in [6, 6.07) is 14.9. The minimum Gasteiger partial charge on any atom is -0.455 e. The third-order valence-corrected chi connectivity index (χ3v) is 4.82. The SMILES string of the molecule is Cc1ccc(N2C[C@@H](C(=O)OCC(=O)Nc3ccc(N(C)C)cc3)CC2=O)cc1. The summed E-state index contributed by atoms with van der Waals surface area (Å²) in [5.74, 6) is -1.65. The number of carbonyl (C=O) groups excluding carboxylic acids is 3. The van der Waals surface area contributed by atoms with Crippen LogP contribution in [0, 0.1) is 12.8 Å². The standard InChI is InChI=1S/C22H25N3O4/c1-15-4-8-19(9-5-15)25-13-16(12-21(25)27)22(28)29-14-20(26)23-17-6-10-18(11-7-17)24(2)3/h4-11,16H,12-14H2,1-3H3,(H,23,26)/t16-/m0/s1. The molecule has 1 fully saturated rings. The molecule has 7 heteroatoms. The maximum Gasteiger partial charge on any atom is 0.311 e. The molecule has 0 saturated carbocycles. The van der Waals surface area contributed by atoms with Crippen LogP contribution in [0.5, 0.6) is 0 Å². The van der Waals surface area contributed by atoms with E-state index in [0.717, 1.165) is 16.9 Å². The number of nitrogens with one attached hydrogen (secondary N) is 1. The predicted octanol–water partition coefficient (Wildman–Crippen LogP) is 2.60. The Morgan fingerprint density at radius 3 is 2.38 bits per heavy atom. The molecule has 2 amide bonds. The minimum atomic E-state index is -0.573. The lowest BCUT2D eigenvalue weighted by molar-refractivity contribution is -0.151. The molecule has 0 spiro atoms. The summed E-state index contributed by atoms with van der Waals surface area (Å²) in [6.45, 7) is 1.84. The van der Waals surface area contributed by atoms with Gasteiger partial charge in [-0.2, -0.15) is 0 Å². The van der Waals surface area contributed by atoms with Gasteiger partial charge in [-0.25, -0.2) is 0 Å². The van der Waals surface area contributed by atoms with Gasteiger partial charge in [0.25, 0.3) is 5.91 Å². The first kappa shape index (κ1) is 20.4. The Labute approximate surface area is 170 Å². The van der Waals surface area contributed by atoms with E-state index >= 15 is 0 Å². The topological polar surface area (TPSA) is 79.0 Å². The Morgan fingerprint density at radius 1 is 1.10 bits per heavy atom. The average molecular weight is 395 g/mol. The first-order chi connectivity index (χ1) is 13.8. The lowest BCUT2D eigenvalue weighted by atomic mass is 10.1. The largest absolute Gasteiger partial charge is 0.455 e. The molecule has 3 rings (SSSR count). The zero-order valence-corrected chi connectivity index (χ0v) is 16.8. The van der Waals surface area contributed by atoms with Gasteiger partial charge >= 0.3 is 5.97 Å². The predicted molar refractivity (Wildman–Crippen MR) is 112 cm³/mol. The number of esters is 1. The molecule has 0 aromatic heterocycles. The van der Waals surface area contributed by atoms with Crippen LogP contribution in [0.3, 0.4) is 0 Å². The highest BCUT2D eigenvalue weighted by Crippen LogP contribution is 2.26. The minimum absolute atomic E-state index is 0.0837. The van der Waals surface area contributed by atoms with Crippen LogP contribution in [-0.4, -0.2) is 45.0 Å². The molecule has 1 saturated heterocycles. The lowest BCUT2D eigenvalue weighted by Crippen LogP contribution is -2.28. The summed E-state index contributed by atoms with van der Waals surface area (Å²) in [4.78, 5) is 40.2. The van der Waals surface area contributed by atoms with Crippen LogP contribution in [0.25, 0.3) is 0 Å². The first-order valence-corrected chi connectivity index (χ1v) is 9.44. The average Bonchev–Trinajstić information content (AvgIpc) is 3.09. The first-order valence-electron chi connectivity index (χ1n) is 9.44. The van der Waals surface area contributed by atoms with Crippen molar-refractivity contribution in [2.24, 2.45) is 5.92 Å². The second-order valence-corrected chi connectivity index (χ2v) is 7.34. The smallest absolute Gasteiger partial charge is 0.311 e. The van der Waals surface area contributed by atoms with Crippen molar-refractivity contribution in [2.75, 3.05) is 42.4 Å². The second-order valence-electron chi connectivity index (χ2n) is 7.34. The van der Waals surface area contributed by atoms with E-state index < -0.39 is 17.8 Å². The van der Waals surface area contributed by atoms with E-state index in [0.29, 0.717) is 5.69 Å². The number of aryl methyl sites for hydroxylation is 1. The molecule has 1 heterocycles. The van der Waals surface area contributed by atoms with Crippen molar-refractivity contribution < 1.29 is 19.1 Å². The third-order valence-electron chi connectivity index (χ3n) is 4.82. The van der Waals surface area contributed by atoms with Crippen molar-refractivity contribution in [2.45, 2.75) is 13.3 Å². The molecule has 0 radical (unpaired) electrons. The molecular formula is C22H25N3O4. The zero-order chi connectivity index (χ0) is 21.0. The highest BCUT2D eigenvalue weighted by molar-refractivity contribution is 6.00. The summed E-state index contributed by atoms with van der Waals surface area (Å²) in [6.07, 6.45) is 0.0837. The molecule has 2 aromatic rings. The maximum absolute atomic E-state index is 12.3. The van der Waals surface area contributed by atoms with Crippen LogP contribution in [-0.2, 0) is 19.1 Å². The molecule has 1 aliphatic rings. The van der Waals surface area contributed by atoms with E-state index in [1.54, 1.807) is 17.0 Å². The van der Waals surface area contributed by atoms with Gasteiger partial charge in [-0.1, -0.05) is 17.7 Å². The highest BCUT2D eigenvalue weighted by atomic mass is 16.5. The van der Waals surface area contributed by atoms with Gasteiger partial charge in [0.1, 0.15) is 0 Å². The van der Waals surface area contributed by atoms with Gasteiger partial charge in [0.05, 0.1) is 5.92 Å². The van der Waals surface area contributed by atoms with Crippen LogP contribution in [0.4, 0.5) is 17.1 Å². The Balaban J connectivity index is 1.49. The number of benzene rings is 2. The Hall–Kier alpha value is -3.35. The molecule has 0 unspecified atom stereocenters. The van der Waals surface area contributed by atoms with Gasteiger partial charge in [-0.3, -0.25) is 14.4 Å². The molecule has 1 atom stereocenters. The number of hydrogen-bond donors (Lipinski definition) is 1. The van der Waals surface area contributed by atoms with Crippen LogP contribution in [0.1, 0.15) is 12.0 Å². The second kappa shape index (κ2) is 8.77. The molecule has 0 bridgehead atoms. The molecule has 1 aliphatic heterocycles. The Kier molecular flexibility index (Phi) is 6.16. The molecule has 0 aliphatic carbocycles. The third kappa shape index (κ3) is 5.13. The summed E-state index contributed by atoms with van der Waals surface area (Å²) in [5.41, 5.74) is 3.49. The van der Waals surface area contributed by atoms with Gasteiger partial charge in [-0.15, -0.1) is 0 Å². The van der Waals surface area contributed by atoms with E-state index in [9.17, 15) is 14.4 Å². The number of amides is 2. The van der Waals surface area contributed by atoms with Gasteiger partial charge in [0.2, 0.25) is 5.91 Å². The van der Waals surface area contributed by atoms with E-state index in [-0.39, 0.29) is 25.5 Å². The van der Waals surface area contributed by atoms with E-state index in [2.05, 4.69) is 5.32 Å².